The molecule has 1 N–H and O–H groups in total. The highest BCUT2D eigenvalue weighted by atomic mass is 19.1. The Hall–Kier alpha value is -3.62. The van der Waals surface area contributed by atoms with Crippen molar-refractivity contribution < 1.29 is 23.8 Å². The molecule has 3 aromatic rings. The molecule has 9 heteroatoms. The number of nitrogens with zero attached hydrogens (tertiary/aromatic N) is 4. The maximum absolute atomic E-state index is 13.9. The first-order valence-electron chi connectivity index (χ1n) is 9.05. The average Bonchev–Trinajstić information content (AvgIpc) is 3.43. The highest BCUT2D eigenvalue weighted by molar-refractivity contribution is 5.97. The third-order valence-corrected chi connectivity index (χ3v) is 4.59. The summed E-state index contributed by atoms with van der Waals surface area (Å²) in [6.07, 6.45) is 4.35. The van der Waals surface area contributed by atoms with Gasteiger partial charge in [-0.05, 0) is 44.0 Å². The summed E-state index contributed by atoms with van der Waals surface area (Å²) in [7, 11) is 0. The van der Waals surface area contributed by atoms with Gasteiger partial charge in [-0.25, -0.2) is 14.2 Å². The molecule has 0 radical (unpaired) electrons. The molecule has 2 heterocycles. The normalized spacial score (nSPS) is 14.4. The Morgan fingerprint density at radius 3 is 2.66 bits per heavy atom. The molecule has 0 unspecified atom stereocenters. The third kappa shape index (κ3) is 3.98. The van der Waals surface area contributed by atoms with E-state index in [2.05, 4.69) is 15.2 Å². The topological polar surface area (TPSA) is 107 Å². The highest BCUT2D eigenvalue weighted by Gasteiger charge is 2.31. The molecule has 1 aliphatic carbocycles. The van der Waals surface area contributed by atoms with Gasteiger partial charge in [-0.2, -0.15) is 9.90 Å². The van der Waals surface area contributed by atoms with E-state index < -0.39 is 23.5 Å². The van der Waals surface area contributed by atoms with E-state index in [4.69, 9.17) is 9.84 Å². The van der Waals surface area contributed by atoms with Gasteiger partial charge in [0.15, 0.2) is 5.78 Å². The number of benzene rings is 1. The van der Waals surface area contributed by atoms with Crippen molar-refractivity contribution >= 4 is 11.8 Å². The van der Waals surface area contributed by atoms with Crippen LogP contribution in [-0.4, -0.2) is 36.8 Å². The first-order chi connectivity index (χ1) is 13.9. The number of aromatic nitrogens is 4. The molecule has 4 rings (SSSR count). The standard InChI is InChI=1S/C20H17FN4O4/c1-11(29-14-5-7-17(22-9-14)19(26)12-2-3-12)18-10-23-25(24-18)13-4-6-15(20(27)28)16(21)8-13/h4-12H,2-3H2,1H3,(H,27,28)/t11-/m1/s1. The zero-order valence-electron chi connectivity index (χ0n) is 15.4. The molecule has 1 aliphatic rings. The van der Waals surface area contributed by atoms with Crippen LogP contribution in [0.5, 0.6) is 5.75 Å². The molecule has 0 saturated heterocycles. The Morgan fingerprint density at radius 2 is 2.03 bits per heavy atom. The van der Waals surface area contributed by atoms with Gasteiger partial charge in [0.2, 0.25) is 0 Å². The summed E-state index contributed by atoms with van der Waals surface area (Å²) in [4.78, 5) is 28.3. The SMILES string of the molecule is C[C@@H](Oc1ccc(C(=O)C2CC2)nc1)c1cnn(-c2ccc(C(=O)O)c(F)c2)n1. The van der Waals surface area contributed by atoms with E-state index in [-0.39, 0.29) is 17.4 Å². The number of hydrogen-bond donors (Lipinski definition) is 1. The zero-order valence-corrected chi connectivity index (χ0v) is 15.4. The molecular formula is C20H17FN4O4. The van der Waals surface area contributed by atoms with Crippen LogP contribution in [0.15, 0.2) is 42.7 Å². The summed E-state index contributed by atoms with van der Waals surface area (Å²) in [5.41, 5.74) is 0.792. The number of halogens is 1. The van der Waals surface area contributed by atoms with Gasteiger partial charge in [-0.1, -0.05) is 0 Å². The zero-order chi connectivity index (χ0) is 20.5. The number of aromatic carboxylic acids is 1. The second-order valence-electron chi connectivity index (χ2n) is 6.81. The van der Waals surface area contributed by atoms with Gasteiger partial charge in [0.25, 0.3) is 0 Å². The molecule has 1 fully saturated rings. The van der Waals surface area contributed by atoms with Crippen LogP contribution in [0.2, 0.25) is 0 Å². The lowest BCUT2D eigenvalue weighted by Crippen LogP contribution is -2.08. The molecule has 0 amide bonds. The smallest absolute Gasteiger partial charge is 0.338 e. The van der Waals surface area contributed by atoms with Crippen molar-refractivity contribution in [3.63, 3.8) is 0 Å². The molecular weight excluding hydrogens is 379 g/mol. The molecule has 0 spiro atoms. The number of carbonyl (C=O) groups excluding carboxylic acids is 1. The van der Waals surface area contributed by atoms with E-state index in [0.717, 1.165) is 25.0 Å². The van der Waals surface area contributed by atoms with Crippen LogP contribution in [-0.2, 0) is 0 Å². The number of carbonyl (C=O) groups is 2. The molecule has 1 saturated carbocycles. The molecule has 8 nitrogen and oxygen atoms in total. The van der Waals surface area contributed by atoms with Gasteiger partial charge < -0.3 is 9.84 Å². The Bertz CT molecular complexity index is 1080. The van der Waals surface area contributed by atoms with Gasteiger partial charge in [-0.3, -0.25) is 4.79 Å². The van der Waals surface area contributed by atoms with E-state index >= 15 is 0 Å². The molecule has 29 heavy (non-hydrogen) atoms. The quantitative estimate of drug-likeness (QED) is 0.611. The van der Waals surface area contributed by atoms with Crippen molar-refractivity contribution in [1.82, 2.24) is 20.0 Å². The van der Waals surface area contributed by atoms with Crippen LogP contribution in [0.4, 0.5) is 4.39 Å². The molecule has 1 atom stereocenters. The van der Waals surface area contributed by atoms with Crippen LogP contribution < -0.4 is 4.74 Å². The number of rotatable bonds is 7. The summed E-state index contributed by atoms with van der Waals surface area (Å²) in [5.74, 6) is -1.56. The second kappa shape index (κ2) is 7.42. The second-order valence-corrected chi connectivity index (χ2v) is 6.81. The Balaban J connectivity index is 1.45. The first-order valence-corrected chi connectivity index (χ1v) is 9.05. The molecule has 0 aliphatic heterocycles. The maximum atomic E-state index is 13.9. The van der Waals surface area contributed by atoms with E-state index in [9.17, 15) is 14.0 Å². The molecule has 0 bridgehead atoms. The lowest BCUT2D eigenvalue weighted by Gasteiger charge is -2.12. The predicted molar refractivity (Wildman–Crippen MR) is 98.6 cm³/mol. The van der Waals surface area contributed by atoms with Gasteiger partial charge in [0, 0.05) is 12.0 Å². The van der Waals surface area contributed by atoms with Crippen LogP contribution in [0, 0.1) is 11.7 Å². The van der Waals surface area contributed by atoms with E-state index in [0.29, 0.717) is 17.1 Å². The maximum Gasteiger partial charge on any atom is 0.338 e. The van der Waals surface area contributed by atoms with E-state index in [1.165, 1.54) is 23.3 Å². The fraction of sp³-hybridized carbons (Fsp3) is 0.250. The van der Waals surface area contributed by atoms with Crippen molar-refractivity contribution in [1.29, 1.82) is 0 Å². The van der Waals surface area contributed by atoms with E-state index in [1.807, 2.05) is 0 Å². The summed E-state index contributed by atoms with van der Waals surface area (Å²) < 4.78 is 19.7. The van der Waals surface area contributed by atoms with Crippen LogP contribution in [0.3, 0.4) is 0 Å². The third-order valence-electron chi connectivity index (χ3n) is 4.59. The Morgan fingerprint density at radius 1 is 1.24 bits per heavy atom. The number of carboxylic acids is 1. The van der Waals surface area contributed by atoms with Crippen LogP contribution >= 0.6 is 0 Å². The summed E-state index contributed by atoms with van der Waals surface area (Å²) in [5, 5.41) is 17.2. The minimum atomic E-state index is -1.34. The Labute approximate surface area is 165 Å². The van der Waals surface area contributed by atoms with E-state index in [1.54, 1.807) is 19.1 Å². The summed E-state index contributed by atoms with van der Waals surface area (Å²) >= 11 is 0. The van der Waals surface area contributed by atoms with Crippen molar-refractivity contribution in [2.24, 2.45) is 5.92 Å². The predicted octanol–water partition coefficient (Wildman–Crippen LogP) is 3.23. The Kier molecular flexibility index (Phi) is 4.79. The largest absolute Gasteiger partial charge is 0.483 e. The molecule has 148 valence electrons. The van der Waals surface area contributed by atoms with Crippen molar-refractivity contribution in [3.8, 4) is 11.4 Å². The van der Waals surface area contributed by atoms with Gasteiger partial charge in [0.1, 0.15) is 29.1 Å². The van der Waals surface area contributed by atoms with Gasteiger partial charge >= 0.3 is 5.97 Å². The number of ketones is 1. The number of Topliss-reactive ketones (excluding diaryl/α,β-unsaturated/α-hetero) is 1. The van der Waals surface area contributed by atoms with Crippen LogP contribution in [0.1, 0.15) is 52.4 Å². The van der Waals surface area contributed by atoms with Crippen LogP contribution in [0.25, 0.3) is 5.69 Å². The van der Waals surface area contributed by atoms with Crippen molar-refractivity contribution in [2.45, 2.75) is 25.9 Å². The van der Waals surface area contributed by atoms with Crippen molar-refractivity contribution in [2.75, 3.05) is 0 Å². The fourth-order valence-corrected chi connectivity index (χ4v) is 2.80. The monoisotopic (exact) mass is 396 g/mol. The highest BCUT2D eigenvalue weighted by Crippen LogP contribution is 2.32. The molecule has 2 aromatic heterocycles. The summed E-state index contributed by atoms with van der Waals surface area (Å²) in [6.45, 7) is 1.77. The number of ether oxygens (including phenoxy) is 1. The fourth-order valence-electron chi connectivity index (χ4n) is 2.80. The number of carboxylic acid groups (broad SMARTS) is 1. The number of hydrogen-bond acceptors (Lipinski definition) is 6. The van der Waals surface area contributed by atoms with Gasteiger partial charge in [-0.15, -0.1) is 5.10 Å². The summed E-state index contributed by atoms with van der Waals surface area (Å²) in [6, 6.07) is 6.96. The average molecular weight is 396 g/mol. The van der Waals surface area contributed by atoms with Gasteiger partial charge in [0.05, 0.1) is 23.6 Å². The molecule has 1 aromatic carbocycles. The minimum absolute atomic E-state index is 0.0636. The minimum Gasteiger partial charge on any atom is -0.483 e. The number of pyridine rings is 1. The first kappa shape index (κ1) is 18.7. The van der Waals surface area contributed by atoms with Crippen molar-refractivity contribution in [3.05, 3.63) is 65.5 Å². The lowest BCUT2D eigenvalue weighted by atomic mass is 10.2. The lowest BCUT2D eigenvalue weighted by molar-refractivity contribution is 0.0691.